The highest BCUT2D eigenvalue weighted by Gasteiger charge is 2.31. The van der Waals surface area contributed by atoms with E-state index in [0.717, 1.165) is 24.3 Å². The van der Waals surface area contributed by atoms with Crippen molar-refractivity contribution in [1.29, 1.82) is 0 Å². The van der Waals surface area contributed by atoms with Crippen molar-refractivity contribution in [2.75, 3.05) is 0 Å². The lowest BCUT2D eigenvalue weighted by Gasteiger charge is -2.18. The maximum atomic E-state index is 12.8. The van der Waals surface area contributed by atoms with Crippen LogP contribution in [0.15, 0.2) is 63.1 Å². The highest BCUT2D eigenvalue weighted by molar-refractivity contribution is 8.00. The van der Waals surface area contributed by atoms with Gasteiger partial charge in [-0.25, -0.2) is 8.42 Å². The fourth-order valence-electron chi connectivity index (χ4n) is 2.50. The van der Waals surface area contributed by atoms with E-state index in [1.54, 1.807) is 38.4 Å². The fourth-order valence-corrected chi connectivity index (χ4v) is 4.38. The third kappa shape index (κ3) is 5.58. The summed E-state index contributed by atoms with van der Waals surface area (Å²) in [5.41, 5.74) is -3.85. The number of thioether (sulfide) groups is 1. The Morgan fingerprint density at radius 3 is 2.40 bits per heavy atom. The standard InChI is InChI=1S/C18H17F3N4O3S2/c1-11(2)15(17-23-16(24-28-17)12-4-3-9-22-10-12)25-30(26,27)14-7-5-13(6-8-14)29-18(19,20)21/h3-11,15,25H,1-2H3. The molecular formula is C18H17F3N4O3S2. The van der Waals surface area contributed by atoms with Gasteiger partial charge in [-0.05, 0) is 54.1 Å². The summed E-state index contributed by atoms with van der Waals surface area (Å²) in [5, 5.41) is 3.87. The van der Waals surface area contributed by atoms with Crippen LogP contribution in [0.25, 0.3) is 11.4 Å². The number of nitrogens with one attached hydrogen (secondary N) is 1. The van der Waals surface area contributed by atoms with Crippen molar-refractivity contribution in [2.24, 2.45) is 5.92 Å². The molecule has 30 heavy (non-hydrogen) atoms. The van der Waals surface area contributed by atoms with Crippen molar-refractivity contribution in [3.63, 3.8) is 0 Å². The molecule has 160 valence electrons. The number of aromatic nitrogens is 3. The van der Waals surface area contributed by atoms with E-state index < -0.39 is 21.6 Å². The quantitative estimate of drug-likeness (QED) is 0.524. The smallest absolute Gasteiger partial charge is 0.337 e. The molecule has 1 atom stereocenters. The molecule has 0 radical (unpaired) electrons. The van der Waals surface area contributed by atoms with E-state index >= 15 is 0 Å². The minimum absolute atomic E-state index is 0.0664. The Bertz CT molecular complexity index is 1090. The van der Waals surface area contributed by atoms with E-state index in [-0.39, 0.29) is 39.2 Å². The van der Waals surface area contributed by atoms with Gasteiger partial charge in [-0.2, -0.15) is 22.9 Å². The van der Waals surface area contributed by atoms with Crippen molar-refractivity contribution in [3.05, 3.63) is 54.7 Å². The molecule has 1 N–H and O–H groups in total. The van der Waals surface area contributed by atoms with Gasteiger partial charge in [0, 0.05) is 22.9 Å². The number of pyridine rings is 1. The predicted molar refractivity (Wildman–Crippen MR) is 104 cm³/mol. The summed E-state index contributed by atoms with van der Waals surface area (Å²) < 4.78 is 70.6. The van der Waals surface area contributed by atoms with Crippen molar-refractivity contribution >= 4 is 21.8 Å². The lowest BCUT2D eigenvalue weighted by molar-refractivity contribution is -0.0328. The first-order valence-corrected chi connectivity index (χ1v) is 11.0. The van der Waals surface area contributed by atoms with Gasteiger partial charge in [-0.3, -0.25) is 4.98 Å². The van der Waals surface area contributed by atoms with Crippen LogP contribution < -0.4 is 4.72 Å². The van der Waals surface area contributed by atoms with Gasteiger partial charge in [0.15, 0.2) is 0 Å². The van der Waals surface area contributed by atoms with Gasteiger partial charge < -0.3 is 4.52 Å². The molecule has 0 aliphatic carbocycles. The second kappa shape index (κ2) is 8.74. The molecule has 2 aromatic heterocycles. The number of alkyl halides is 3. The summed E-state index contributed by atoms with van der Waals surface area (Å²) in [6.07, 6.45) is 3.14. The summed E-state index contributed by atoms with van der Waals surface area (Å²) in [6.45, 7) is 3.54. The summed E-state index contributed by atoms with van der Waals surface area (Å²) in [5.74, 6) is 0.0789. The molecule has 1 aromatic carbocycles. The fraction of sp³-hybridized carbons (Fsp3) is 0.278. The van der Waals surface area contributed by atoms with Crippen LogP contribution in [0.3, 0.4) is 0 Å². The summed E-state index contributed by atoms with van der Waals surface area (Å²) in [6, 6.07) is 7.03. The SMILES string of the molecule is CC(C)C(NS(=O)(=O)c1ccc(SC(F)(F)F)cc1)c1nc(-c2cccnc2)no1. The second-order valence-corrected chi connectivity index (χ2v) is 9.41. The van der Waals surface area contributed by atoms with Gasteiger partial charge in [0.05, 0.1) is 4.90 Å². The number of hydrogen-bond donors (Lipinski definition) is 1. The van der Waals surface area contributed by atoms with Crippen LogP contribution >= 0.6 is 11.8 Å². The Balaban J connectivity index is 1.82. The van der Waals surface area contributed by atoms with Crippen LogP contribution in [0.4, 0.5) is 13.2 Å². The van der Waals surface area contributed by atoms with Crippen LogP contribution in [-0.2, 0) is 10.0 Å². The Kier molecular flexibility index (Phi) is 6.48. The molecule has 0 saturated heterocycles. The minimum atomic E-state index is -4.45. The molecule has 0 bridgehead atoms. The Hall–Kier alpha value is -2.44. The largest absolute Gasteiger partial charge is 0.446 e. The van der Waals surface area contributed by atoms with Gasteiger partial charge in [0.1, 0.15) is 6.04 Å². The van der Waals surface area contributed by atoms with Crippen molar-refractivity contribution in [1.82, 2.24) is 19.8 Å². The monoisotopic (exact) mass is 458 g/mol. The van der Waals surface area contributed by atoms with Crippen LogP contribution in [0.2, 0.25) is 0 Å². The maximum Gasteiger partial charge on any atom is 0.446 e. The number of sulfonamides is 1. The zero-order valence-electron chi connectivity index (χ0n) is 15.8. The average Bonchev–Trinajstić information content (AvgIpc) is 3.16. The molecule has 7 nitrogen and oxygen atoms in total. The molecule has 0 fully saturated rings. The van der Waals surface area contributed by atoms with Crippen LogP contribution in [-0.4, -0.2) is 29.1 Å². The first kappa shape index (κ1) is 22.2. The topological polar surface area (TPSA) is 98.0 Å². The van der Waals surface area contributed by atoms with E-state index in [0.29, 0.717) is 5.56 Å². The van der Waals surface area contributed by atoms with Crippen molar-refractivity contribution < 1.29 is 26.1 Å². The molecule has 0 spiro atoms. The van der Waals surface area contributed by atoms with Crippen LogP contribution in [0.1, 0.15) is 25.8 Å². The predicted octanol–water partition coefficient (Wildman–Crippen LogP) is 4.42. The summed E-state index contributed by atoms with van der Waals surface area (Å²) >= 11 is -0.317. The average molecular weight is 458 g/mol. The lowest BCUT2D eigenvalue weighted by atomic mass is 10.1. The first-order valence-electron chi connectivity index (χ1n) is 8.67. The Labute approximate surface area is 175 Å². The molecule has 3 aromatic rings. The van der Waals surface area contributed by atoms with E-state index in [4.69, 9.17) is 4.52 Å². The van der Waals surface area contributed by atoms with Gasteiger partial charge in [0.2, 0.25) is 21.7 Å². The molecule has 0 saturated carbocycles. The molecule has 1 unspecified atom stereocenters. The van der Waals surface area contributed by atoms with E-state index in [9.17, 15) is 21.6 Å². The molecular weight excluding hydrogens is 441 g/mol. The van der Waals surface area contributed by atoms with Gasteiger partial charge in [-0.15, -0.1) is 0 Å². The third-order valence-corrected chi connectivity index (χ3v) is 6.14. The van der Waals surface area contributed by atoms with E-state index in [1.807, 2.05) is 0 Å². The molecule has 2 heterocycles. The molecule has 0 amide bonds. The normalized spacial score (nSPS) is 13.5. The van der Waals surface area contributed by atoms with Gasteiger partial charge in [-0.1, -0.05) is 19.0 Å². The molecule has 0 aliphatic rings. The highest BCUT2D eigenvalue weighted by atomic mass is 32.2. The van der Waals surface area contributed by atoms with Crippen LogP contribution in [0.5, 0.6) is 0 Å². The molecule has 3 rings (SSSR count). The zero-order valence-corrected chi connectivity index (χ0v) is 17.4. The number of halogens is 3. The van der Waals surface area contributed by atoms with E-state index in [1.165, 1.54) is 0 Å². The lowest BCUT2D eigenvalue weighted by Crippen LogP contribution is -2.32. The molecule has 0 aliphatic heterocycles. The van der Waals surface area contributed by atoms with Crippen molar-refractivity contribution in [3.8, 4) is 11.4 Å². The van der Waals surface area contributed by atoms with Crippen molar-refractivity contribution in [2.45, 2.75) is 35.2 Å². The maximum absolute atomic E-state index is 12.8. The molecule has 12 heteroatoms. The number of nitrogens with zero attached hydrogens (tertiary/aromatic N) is 3. The highest BCUT2D eigenvalue weighted by Crippen LogP contribution is 2.37. The van der Waals surface area contributed by atoms with E-state index in [2.05, 4.69) is 19.8 Å². The van der Waals surface area contributed by atoms with Gasteiger partial charge >= 0.3 is 5.51 Å². The zero-order chi connectivity index (χ0) is 21.9. The Morgan fingerprint density at radius 1 is 1.13 bits per heavy atom. The summed E-state index contributed by atoms with van der Waals surface area (Å²) in [4.78, 5) is 7.95. The Morgan fingerprint density at radius 2 is 1.83 bits per heavy atom. The number of hydrogen-bond acceptors (Lipinski definition) is 7. The van der Waals surface area contributed by atoms with Crippen LogP contribution in [0, 0.1) is 5.92 Å². The number of benzene rings is 1. The van der Waals surface area contributed by atoms with Gasteiger partial charge in [0.25, 0.3) is 0 Å². The first-order chi connectivity index (χ1) is 14.0. The third-order valence-electron chi connectivity index (χ3n) is 3.94. The minimum Gasteiger partial charge on any atom is -0.337 e. The second-order valence-electron chi connectivity index (χ2n) is 6.56. The number of rotatable bonds is 7. The summed E-state index contributed by atoms with van der Waals surface area (Å²) in [7, 11) is -4.05.